The smallest absolute Gasteiger partial charge is 0.250 e. The summed E-state index contributed by atoms with van der Waals surface area (Å²) < 4.78 is 30.1. The van der Waals surface area contributed by atoms with Crippen LogP contribution < -0.4 is 4.72 Å². The largest absolute Gasteiger partial charge is 0.260 e. The zero-order valence-electron chi connectivity index (χ0n) is 14.5. The Hall–Kier alpha value is -1.74. The number of halogens is 1. The standard InChI is InChI=1S/C18H19ClN4O2S2/c19-17-8-9-18(26-17)27(24,25)21-12-13-11-16(15-7-3-4-10-20-15)23(22-13)14-5-1-2-6-14/h3-4,7-11,14,21H,1-2,5-6,12H2. The Kier molecular flexibility index (Phi) is 5.32. The molecule has 9 heteroatoms. The van der Waals surface area contributed by atoms with Crippen LogP contribution in [0.4, 0.5) is 0 Å². The predicted molar refractivity (Wildman–Crippen MR) is 106 cm³/mol. The van der Waals surface area contributed by atoms with Crippen LogP contribution in [0.3, 0.4) is 0 Å². The average molecular weight is 423 g/mol. The second-order valence-corrected chi connectivity index (χ2v) is 10.2. The molecule has 1 saturated carbocycles. The first-order chi connectivity index (χ1) is 13.0. The van der Waals surface area contributed by atoms with E-state index in [9.17, 15) is 8.42 Å². The van der Waals surface area contributed by atoms with Crippen molar-refractivity contribution in [2.45, 2.75) is 42.5 Å². The van der Waals surface area contributed by atoms with Gasteiger partial charge in [-0.1, -0.05) is 30.5 Å². The van der Waals surface area contributed by atoms with Crippen molar-refractivity contribution < 1.29 is 8.42 Å². The minimum atomic E-state index is -3.61. The molecule has 3 heterocycles. The fraction of sp³-hybridized carbons (Fsp3) is 0.333. The van der Waals surface area contributed by atoms with Crippen molar-refractivity contribution in [3.05, 3.63) is 52.6 Å². The normalized spacial score (nSPS) is 15.4. The van der Waals surface area contributed by atoms with Crippen molar-refractivity contribution in [1.82, 2.24) is 19.5 Å². The first kappa shape index (κ1) is 18.6. The van der Waals surface area contributed by atoms with Gasteiger partial charge in [0.05, 0.1) is 34.0 Å². The fourth-order valence-corrected chi connectivity index (χ4v) is 5.87. The summed E-state index contributed by atoms with van der Waals surface area (Å²) in [6, 6.07) is 11.1. The number of pyridine rings is 1. The Morgan fingerprint density at radius 3 is 2.70 bits per heavy atom. The number of sulfonamides is 1. The maximum atomic E-state index is 12.4. The molecule has 0 unspecified atom stereocenters. The van der Waals surface area contributed by atoms with Crippen molar-refractivity contribution in [1.29, 1.82) is 0 Å². The first-order valence-electron chi connectivity index (χ1n) is 8.78. The van der Waals surface area contributed by atoms with Gasteiger partial charge in [0.15, 0.2) is 0 Å². The Bertz CT molecular complexity index is 1020. The van der Waals surface area contributed by atoms with Crippen LogP contribution in [-0.2, 0) is 16.6 Å². The number of nitrogens with one attached hydrogen (secondary N) is 1. The van der Waals surface area contributed by atoms with Gasteiger partial charge in [-0.25, -0.2) is 13.1 Å². The summed E-state index contributed by atoms with van der Waals surface area (Å²) in [5.74, 6) is 0. The van der Waals surface area contributed by atoms with Gasteiger partial charge >= 0.3 is 0 Å². The van der Waals surface area contributed by atoms with Gasteiger partial charge < -0.3 is 0 Å². The molecule has 3 aromatic rings. The Balaban J connectivity index is 1.60. The van der Waals surface area contributed by atoms with E-state index in [1.54, 1.807) is 12.3 Å². The van der Waals surface area contributed by atoms with E-state index in [2.05, 4.69) is 9.71 Å². The van der Waals surface area contributed by atoms with Gasteiger partial charge in [-0.05, 0) is 43.2 Å². The monoisotopic (exact) mass is 422 g/mol. The molecule has 0 amide bonds. The van der Waals surface area contributed by atoms with Crippen molar-refractivity contribution in [2.75, 3.05) is 0 Å². The minimum absolute atomic E-state index is 0.122. The summed E-state index contributed by atoms with van der Waals surface area (Å²) >= 11 is 6.89. The van der Waals surface area contributed by atoms with E-state index in [1.165, 1.54) is 18.9 Å². The van der Waals surface area contributed by atoms with Gasteiger partial charge in [0.25, 0.3) is 0 Å². The molecule has 1 aliphatic rings. The summed E-state index contributed by atoms with van der Waals surface area (Å²) in [4.78, 5) is 4.44. The molecular weight excluding hydrogens is 404 g/mol. The molecule has 1 N–H and O–H groups in total. The molecule has 0 atom stereocenters. The zero-order valence-corrected chi connectivity index (χ0v) is 16.9. The number of nitrogens with zero attached hydrogens (tertiary/aromatic N) is 3. The van der Waals surface area contributed by atoms with Crippen LogP contribution in [0.1, 0.15) is 37.4 Å². The molecule has 0 radical (unpaired) electrons. The summed E-state index contributed by atoms with van der Waals surface area (Å²) in [6.45, 7) is 0.122. The molecule has 0 aromatic carbocycles. The van der Waals surface area contributed by atoms with Crippen LogP contribution in [0, 0.1) is 0 Å². The van der Waals surface area contributed by atoms with Crippen molar-refractivity contribution in [2.24, 2.45) is 0 Å². The zero-order chi connectivity index (χ0) is 18.9. The van der Waals surface area contributed by atoms with Crippen LogP contribution in [0.5, 0.6) is 0 Å². The molecule has 4 rings (SSSR count). The number of thiophene rings is 1. The van der Waals surface area contributed by atoms with Gasteiger partial charge in [-0.2, -0.15) is 5.10 Å². The molecular formula is C18H19ClN4O2S2. The highest BCUT2D eigenvalue weighted by molar-refractivity contribution is 7.91. The third kappa shape index (κ3) is 4.08. The number of rotatable bonds is 6. The predicted octanol–water partition coefficient (Wildman–Crippen LogP) is 4.25. The van der Waals surface area contributed by atoms with Gasteiger partial charge in [0.2, 0.25) is 10.0 Å². The summed E-state index contributed by atoms with van der Waals surface area (Å²) in [5, 5.41) is 4.70. The van der Waals surface area contributed by atoms with Crippen LogP contribution in [0.2, 0.25) is 4.34 Å². The number of hydrogen-bond donors (Lipinski definition) is 1. The van der Waals surface area contributed by atoms with E-state index in [1.807, 2.05) is 28.9 Å². The molecule has 6 nitrogen and oxygen atoms in total. The average Bonchev–Trinajstić information content (AvgIpc) is 3.41. The first-order valence-corrected chi connectivity index (χ1v) is 11.5. The molecule has 142 valence electrons. The van der Waals surface area contributed by atoms with Crippen molar-refractivity contribution >= 4 is 33.0 Å². The second kappa shape index (κ2) is 7.71. The molecule has 27 heavy (non-hydrogen) atoms. The van der Waals surface area contributed by atoms with Crippen LogP contribution in [0.25, 0.3) is 11.4 Å². The second-order valence-electron chi connectivity index (χ2n) is 6.50. The summed E-state index contributed by atoms with van der Waals surface area (Å²) in [7, 11) is -3.61. The Labute approximate surface area is 167 Å². The van der Waals surface area contributed by atoms with Gasteiger partial charge in [0.1, 0.15) is 4.21 Å². The lowest BCUT2D eigenvalue weighted by atomic mass is 10.2. The lowest BCUT2D eigenvalue weighted by Gasteiger charge is -2.13. The number of aromatic nitrogens is 3. The topological polar surface area (TPSA) is 76.9 Å². The van der Waals surface area contributed by atoms with Crippen LogP contribution >= 0.6 is 22.9 Å². The highest BCUT2D eigenvalue weighted by Gasteiger charge is 2.23. The number of hydrogen-bond acceptors (Lipinski definition) is 5. The molecule has 0 bridgehead atoms. The van der Waals surface area contributed by atoms with E-state index < -0.39 is 10.0 Å². The Morgan fingerprint density at radius 1 is 1.22 bits per heavy atom. The molecule has 1 aliphatic carbocycles. The highest BCUT2D eigenvalue weighted by Crippen LogP contribution is 2.33. The van der Waals surface area contributed by atoms with E-state index in [0.29, 0.717) is 16.1 Å². The minimum Gasteiger partial charge on any atom is -0.260 e. The molecule has 0 saturated heterocycles. The fourth-order valence-electron chi connectivity index (χ4n) is 3.35. The maximum absolute atomic E-state index is 12.4. The van der Waals surface area contributed by atoms with Crippen LogP contribution in [-0.4, -0.2) is 23.2 Å². The molecule has 0 spiro atoms. The van der Waals surface area contributed by atoms with E-state index in [-0.39, 0.29) is 10.8 Å². The highest BCUT2D eigenvalue weighted by atomic mass is 35.5. The SMILES string of the molecule is O=S(=O)(NCc1cc(-c2ccccn2)n(C2CCCC2)n1)c1ccc(Cl)s1. The van der Waals surface area contributed by atoms with Gasteiger partial charge in [-0.15, -0.1) is 11.3 Å². The summed E-state index contributed by atoms with van der Waals surface area (Å²) in [6.07, 6.45) is 6.30. The van der Waals surface area contributed by atoms with Crippen molar-refractivity contribution in [3.8, 4) is 11.4 Å². The van der Waals surface area contributed by atoms with E-state index in [0.717, 1.165) is 35.6 Å². The lowest BCUT2D eigenvalue weighted by molar-refractivity contribution is 0.466. The molecule has 3 aromatic heterocycles. The lowest BCUT2D eigenvalue weighted by Crippen LogP contribution is -2.22. The van der Waals surface area contributed by atoms with Crippen LogP contribution in [0.15, 0.2) is 46.8 Å². The van der Waals surface area contributed by atoms with E-state index in [4.69, 9.17) is 16.7 Å². The van der Waals surface area contributed by atoms with Crippen molar-refractivity contribution in [3.63, 3.8) is 0 Å². The molecule has 0 aliphatic heterocycles. The van der Waals surface area contributed by atoms with E-state index >= 15 is 0 Å². The molecule has 1 fully saturated rings. The van der Waals surface area contributed by atoms with Gasteiger partial charge in [-0.3, -0.25) is 9.67 Å². The third-order valence-electron chi connectivity index (χ3n) is 4.64. The third-order valence-corrected chi connectivity index (χ3v) is 7.77. The maximum Gasteiger partial charge on any atom is 0.250 e. The quantitative estimate of drug-likeness (QED) is 0.644. The summed E-state index contributed by atoms with van der Waals surface area (Å²) in [5.41, 5.74) is 2.45. The van der Waals surface area contributed by atoms with Gasteiger partial charge in [0, 0.05) is 6.20 Å². The Morgan fingerprint density at radius 2 is 2.04 bits per heavy atom.